The van der Waals surface area contributed by atoms with E-state index in [9.17, 15) is 20.0 Å². The summed E-state index contributed by atoms with van der Waals surface area (Å²) in [4.78, 5) is 39.1. The Balaban J connectivity index is 1.35. The number of piperazine rings is 1. The van der Waals surface area contributed by atoms with Crippen LogP contribution in [0.3, 0.4) is 0 Å². The standard InChI is InChI=1S/C32H30N6O3S/c33-20-23-11-13-25(14-12-23)30-34-27(31(39)35-28(32(40)41)22-42-21-24-7-3-1-4-8-24)19-29(36-30)38-17-15-37(16-18-38)26-9-5-2-6-10-26/h1-14,19,28H,15-18,21-22H2,(H,35,39)(H,40,41). The Hall–Kier alpha value is -4.88. The van der Waals surface area contributed by atoms with E-state index in [2.05, 4.69) is 38.3 Å². The molecular formula is C32H30N6O3S. The second kappa shape index (κ2) is 13.7. The normalized spacial score (nSPS) is 13.7. The van der Waals surface area contributed by atoms with Gasteiger partial charge in [0.2, 0.25) is 0 Å². The van der Waals surface area contributed by atoms with Crippen molar-refractivity contribution < 1.29 is 14.7 Å². The molecular weight excluding hydrogens is 548 g/mol. The van der Waals surface area contributed by atoms with Gasteiger partial charge in [0.05, 0.1) is 11.6 Å². The number of hydrogen-bond acceptors (Lipinski definition) is 8. The van der Waals surface area contributed by atoms with Crippen LogP contribution in [0, 0.1) is 11.3 Å². The number of aromatic nitrogens is 2. The molecule has 0 bridgehead atoms. The van der Waals surface area contributed by atoms with Gasteiger partial charge in [-0.25, -0.2) is 14.8 Å². The van der Waals surface area contributed by atoms with Gasteiger partial charge in [-0.3, -0.25) is 4.79 Å². The number of amides is 1. The van der Waals surface area contributed by atoms with Crippen molar-refractivity contribution in [2.75, 3.05) is 41.7 Å². The van der Waals surface area contributed by atoms with Crippen LogP contribution < -0.4 is 15.1 Å². The molecule has 0 spiro atoms. The van der Waals surface area contributed by atoms with Crippen molar-refractivity contribution in [2.24, 2.45) is 0 Å². The fourth-order valence-corrected chi connectivity index (χ4v) is 5.65. The highest BCUT2D eigenvalue weighted by atomic mass is 32.2. The Labute approximate surface area is 248 Å². The van der Waals surface area contributed by atoms with Crippen LogP contribution in [0.2, 0.25) is 0 Å². The average Bonchev–Trinajstić information content (AvgIpc) is 3.05. The van der Waals surface area contributed by atoms with Crippen molar-refractivity contribution in [3.05, 3.63) is 108 Å². The lowest BCUT2D eigenvalue weighted by atomic mass is 10.1. The highest BCUT2D eigenvalue weighted by Crippen LogP contribution is 2.24. The predicted molar refractivity (Wildman–Crippen MR) is 165 cm³/mol. The van der Waals surface area contributed by atoms with Gasteiger partial charge in [-0.05, 0) is 42.0 Å². The lowest BCUT2D eigenvalue weighted by Gasteiger charge is -2.36. The Morgan fingerprint density at radius 2 is 1.55 bits per heavy atom. The summed E-state index contributed by atoms with van der Waals surface area (Å²) in [7, 11) is 0. The maximum atomic E-state index is 13.4. The molecule has 1 aliphatic heterocycles. The van der Waals surface area contributed by atoms with Gasteiger partial charge >= 0.3 is 5.97 Å². The number of thioether (sulfide) groups is 1. The number of carboxylic acid groups (broad SMARTS) is 1. The number of anilines is 2. The number of aliphatic carboxylic acids is 1. The molecule has 3 aromatic carbocycles. The lowest BCUT2D eigenvalue weighted by molar-refractivity contribution is -0.138. The molecule has 0 aliphatic carbocycles. The zero-order chi connectivity index (χ0) is 29.3. The first kappa shape index (κ1) is 28.6. The Bertz CT molecular complexity index is 1550. The molecule has 42 heavy (non-hydrogen) atoms. The molecule has 0 saturated carbocycles. The maximum Gasteiger partial charge on any atom is 0.327 e. The molecule has 2 heterocycles. The number of carbonyl (C=O) groups is 2. The maximum absolute atomic E-state index is 13.4. The van der Waals surface area contributed by atoms with Gasteiger partial charge in [0, 0.05) is 55.0 Å². The van der Waals surface area contributed by atoms with Gasteiger partial charge in [-0.1, -0.05) is 48.5 Å². The predicted octanol–water partition coefficient (Wildman–Crippen LogP) is 4.46. The Morgan fingerprint density at radius 1 is 0.905 bits per heavy atom. The zero-order valence-electron chi connectivity index (χ0n) is 22.9. The van der Waals surface area contributed by atoms with Crippen LogP contribution >= 0.6 is 11.8 Å². The van der Waals surface area contributed by atoms with E-state index in [-0.39, 0.29) is 11.4 Å². The fourth-order valence-electron chi connectivity index (χ4n) is 4.64. The Morgan fingerprint density at radius 3 is 2.19 bits per heavy atom. The van der Waals surface area contributed by atoms with E-state index in [1.54, 1.807) is 30.3 Å². The van der Waals surface area contributed by atoms with E-state index in [0.29, 0.717) is 41.6 Å². The van der Waals surface area contributed by atoms with E-state index in [0.717, 1.165) is 24.3 Å². The second-order valence-corrected chi connectivity index (χ2v) is 10.8. The minimum absolute atomic E-state index is 0.0872. The topological polar surface area (TPSA) is 122 Å². The average molecular weight is 579 g/mol. The molecule has 1 aliphatic rings. The fraction of sp³-hybridized carbons (Fsp3) is 0.219. The number of benzene rings is 3. The number of carboxylic acids is 1. The summed E-state index contributed by atoms with van der Waals surface area (Å²) in [6.45, 7) is 2.93. The molecule has 1 atom stereocenters. The van der Waals surface area contributed by atoms with Crippen molar-refractivity contribution in [3.8, 4) is 17.5 Å². The van der Waals surface area contributed by atoms with Crippen LogP contribution in [0.5, 0.6) is 0 Å². The van der Waals surface area contributed by atoms with Crippen molar-refractivity contribution in [1.29, 1.82) is 5.26 Å². The second-order valence-electron chi connectivity index (χ2n) is 9.80. The molecule has 1 saturated heterocycles. The molecule has 0 radical (unpaired) electrons. The SMILES string of the molecule is N#Cc1ccc(-c2nc(C(=O)NC(CSCc3ccccc3)C(=O)O)cc(N3CCN(c4ccccc4)CC3)n2)cc1. The summed E-state index contributed by atoms with van der Waals surface area (Å²) in [6.07, 6.45) is 0. The number of nitrogens with one attached hydrogen (secondary N) is 1. The molecule has 1 fully saturated rings. The summed E-state index contributed by atoms with van der Waals surface area (Å²) in [5.74, 6) is 0.0746. The van der Waals surface area contributed by atoms with Gasteiger partial charge < -0.3 is 20.2 Å². The van der Waals surface area contributed by atoms with Crippen LogP contribution in [0.1, 0.15) is 21.6 Å². The smallest absolute Gasteiger partial charge is 0.327 e. The van der Waals surface area contributed by atoms with Crippen molar-refractivity contribution in [2.45, 2.75) is 11.8 Å². The quantitative estimate of drug-likeness (QED) is 0.281. The summed E-state index contributed by atoms with van der Waals surface area (Å²) in [6, 6.07) is 29.4. The lowest BCUT2D eigenvalue weighted by Crippen LogP contribution is -2.47. The summed E-state index contributed by atoms with van der Waals surface area (Å²) in [5.41, 5.74) is 3.48. The molecule has 4 aromatic rings. The molecule has 10 heteroatoms. The summed E-state index contributed by atoms with van der Waals surface area (Å²) < 4.78 is 0. The first-order valence-corrected chi connectivity index (χ1v) is 14.8. The third kappa shape index (κ3) is 7.25. The van der Waals surface area contributed by atoms with Crippen molar-refractivity contribution in [3.63, 3.8) is 0 Å². The van der Waals surface area contributed by atoms with Crippen LogP contribution in [-0.2, 0) is 10.5 Å². The molecule has 5 rings (SSSR count). The summed E-state index contributed by atoms with van der Waals surface area (Å²) >= 11 is 1.44. The largest absolute Gasteiger partial charge is 0.480 e. The van der Waals surface area contributed by atoms with Crippen LogP contribution in [-0.4, -0.2) is 64.9 Å². The monoisotopic (exact) mass is 578 g/mol. The molecule has 212 valence electrons. The minimum Gasteiger partial charge on any atom is -0.480 e. The highest BCUT2D eigenvalue weighted by molar-refractivity contribution is 7.98. The molecule has 2 N–H and O–H groups in total. The number of hydrogen-bond donors (Lipinski definition) is 2. The first-order chi connectivity index (χ1) is 20.5. The highest BCUT2D eigenvalue weighted by Gasteiger charge is 2.25. The first-order valence-electron chi connectivity index (χ1n) is 13.6. The molecule has 1 unspecified atom stereocenters. The van der Waals surface area contributed by atoms with Gasteiger partial charge in [0.1, 0.15) is 17.6 Å². The van der Waals surface area contributed by atoms with E-state index in [1.165, 1.54) is 11.8 Å². The van der Waals surface area contributed by atoms with Gasteiger partial charge in [0.15, 0.2) is 5.82 Å². The third-order valence-corrected chi connectivity index (χ3v) is 8.05. The van der Waals surface area contributed by atoms with Crippen molar-refractivity contribution >= 4 is 35.1 Å². The van der Waals surface area contributed by atoms with Crippen LogP contribution in [0.4, 0.5) is 11.5 Å². The number of rotatable bonds is 10. The van der Waals surface area contributed by atoms with Gasteiger partial charge in [0.25, 0.3) is 5.91 Å². The van der Waals surface area contributed by atoms with Crippen molar-refractivity contribution in [1.82, 2.24) is 15.3 Å². The van der Waals surface area contributed by atoms with E-state index < -0.39 is 17.9 Å². The van der Waals surface area contributed by atoms with Crippen LogP contribution in [0.25, 0.3) is 11.4 Å². The summed E-state index contributed by atoms with van der Waals surface area (Å²) in [5, 5.41) is 21.7. The Kier molecular flexibility index (Phi) is 9.31. The zero-order valence-corrected chi connectivity index (χ0v) is 23.7. The van der Waals surface area contributed by atoms with Gasteiger partial charge in [-0.2, -0.15) is 17.0 Å². The van der Waals surface area contributed by atoms with Gasteiger partial charge in [-0.15, -0.1) is 0 Å². The third-order valence-electron chi connectivity index (χ3n) is 6.94. The molecule has 1 aromatic heterocycles. The van der Waals surface area contributed by atoms with Crippen LogP contribution in [0.15, 0.2) is 91.0 Å². The number of para-hydroxylation sites is 1. The minimum atomic E-state index is -1.11. The van der Waals surface area contributed by atoms with E-state index >= 15 is 0 Å². The molecule has 1 amide bonds. The number of nitriles is 1. The molecule has 9 nitrogen and oxygen atoms in total. The van der Waals surface area contributed by atoms with E-state index in [1.807, 2.05) is 48.5 Å². The number of nitrogens with zero attached hydrogens (tertiary/aromatic N) is 5. The number of carbonyl (C=O) groups excluding carboxylic acids is 1. The van der Waals surface area contributed by atoms with E-state index in [4.69, 9.17) is 4.98 Å².